The van der Waals surface area contributed by atoms with Crippen LogP contribution in [0.2, 0.25) is 0 Å². The Kier molecular flexibility index (Phi) is 5.42. The summed E-state index contributed by atoms with van der Waals surface area (Å²) in [5, 5.41) is 16.7. The summed E-state index contributed by atoms with van der Waals surface area (Å²) in [6.07, 6.45) is 4.77. The molecule has 1 aliphatic heterocycles. The number of thiophene rings is 1. The van der Waals surface area contributed by atoms with Crippen LogP contribution in [0.3, 0.4) is 0 Å². The largest absolute Gasteiger partial charge is 0.326 e. The van der Waals surface area contributed by atoms with Crippen LogP contribution in [-0.4, -0.2) is 25.7 Å². The molecular weight excluding hydrogens is 414 g/mol. The van der Waals surface area contributed by atoms with Gasteiger partial charge in [-0.1, -0.05) is 24.6 Å². The van der Waals surface area contributed by atoms with Crippen LogP contribution in [-0.2, 0) is 24.2 Å². The molecule has 3 aromatic heterocycles. The van der Waals surface area contributed by atoms with Gasteiger partial charge in [0.1, 0.15) is 10.8 Å². The number of hydrogen-bond donors (Lipinski definition) is 1. The quantitative estimate of drug-likeness (QED) is 0.477. The van der Waals surface area contributed by atoms with Crippen LogP contribution in [0.1, 0.15) is 30.8 Å². The number of carbonyl (C=O) groups excluding carboxylic acids is 1. The summed E-state index contributed by atoms with van der Waals surface area (Å²) in [5.41, 5.74) is 2.53. The van der Waals surface area contributed by atoms with Crippen LogP contribution in [0, 0.1) is 0 Å². The highest BCUT2D eigenvalue weighted by Crippen LogP contribution is 2.28. The zero-order valence-corrected chi connectivity index (χ0v) is 18.0. The molecular formula is C22H21N5OS2. The average Bonchev–Trinajstić information content (AvgIpc) is 3.47. The molecule has 6 nitrogen and oxygen atoms in total. The van der Waals surface area contributed by atoms with E-state index in [9.17, 15) is 4.79 Å². The van der Waals surface area contributed by atoms with Gasteiger partial charge in [0.15, 0.2) is 5.82 Å². The lowest BCUT2D eigenvalue weighted by Crippen LogP contribution is -2.14. The molecule has 0 radical (unpaired) electrons. The maximum absolute atomic E-state index is 12.6. The molecule has 0 aliphatic carbocycles. The number of nitrogens with one attached hydrogen (secondary N) is 1. The van der Waals surface area contributed by atoms with E-state index in [1.54, 1.807) is 22.7 Å². The van der Waals surface area contributed by atoms with E-state index in [-0.39, 0.29) is 12.3 Å². The maximum atomic E-state index is 12.6. The van der Waals surface area contributed by atoms with E-state index in [2.05, 4.69) is 25.1 Å². The van der Waals surface area contributed by atoms with Gasteiger partial charge in [-0.2, -0.15) is 0 Å². The number of aryl methyl sites for hydroxylation is 1. The van der Waals surface area contributed by atoms with Crippen LogP contribution in [0.4, 0.5) is 5.69 Å². The molecule has 0 unspecified atom stereocenters. The Morgan fingerprint density at radius 1 is 1.10 bits per heavy atom. The van der Waals surface area contributed by atoms with E-state index in [4.69, 9.17) is 0 Å². The normalized spacial score (nSPS) is 13.6. The summed E-state index contributed by atoms with van der Waals surface area (Å²) in [5.74, 6) is 1.86. The molecule has 0 spiro atoms. The number of carbonyl (C=O) groups is 1. The number of thiazole rings is 1. The number of fused-ring (bicyclic) bond motifs is 1. The predicted molar refractivity (Wildman–Crippen MR) is 121 cm³/mol. The van der Waals surface area contributed by atoms with Crippen molar-refractivity contribution < 1.29 is 4.79 Å². The summed E-state index contributed by atoms with van der Waals surface area (Å²) < 4.78 is 2.22. The first-order valence-corrected chi connectivity index (χ1v) is 11.8. The molecule has 0 saturated carbocycles. The minimum atomic E-state index is -0.0738. The fourth-order valence-electron chi connectivity index (χ4n) is 3.71. The molecule has 5 rings (SSSR count). The molecule has 152 valence electrons. The molecule has 0 bridgehead atoms. The standard InChI is InChI=1S/C22H21N5OS2/c28-20(13-17-14-30-22(24-17)18-8-5-11-29-18)23-16-7-4-6-15(12-16)21-26-25-19-9-2-1-3-10-27(19)21/h4-8,11-12,14H,1-3,9-10,13H2,(H,23,28). The fraction of sp³-hybridized carbons (Fsp3) is 0.273. The van der Waals surface area contributed by atoms with Crippen molar-refractivity contribution in [2.75, 3.05) is 5.32 Å². The number of anilines is 1. The maximum Gasteiger partial charge on any atom is 0.230 e. The highest BCUT2D eigenvalue weighted by Gasteiger charge is 2.16. The molecule has 8 heteroatoms. The van der Waals surface area contributed by atoms with E-state index in [0.717, 1.165) is 57.9 Å². The Balaban J connectivity index is 1.29. The first kappa shape index (κ1) is 19.1. The number of aromatic nitrogens is 4. The molecule has 4 heterocycles. The Hall–Kier alpha value is -2.84. The third-order valence-electron chi connectivity index (χ3n) is 5.14. The Morgan fingerprint density at radius 2 is 2.07 bits per heavy atom. The number of benzene rings is 1. The van der Waals surface area contributed by atoms with Gasteiger partial charge >= 0.3 is 0 Å². The van der Waals surface area contributed by atoms with Gasteiger partial charge in [0.2, 0.25) is 5.91 Å². The molecule has 4 aromatic rings. The van der Waals surface area contributed by atoms with E-state index in [0.29, 0.717) is 0 Å². The second kappa shape index (κ2) is 8.49. The molecule has 0 saturated heterocycles. The molecule has 30 heavy (non-hydrogen) atoms. The number of hydrogen-bond acceptors (Lipinski definition) is 6. The van der Waals surface area contributed by atoms with Gasteiger partial charge < -0.3 is 9.88 Å². The monoisotopic (exact) mass is 435 g/mol. The van der Waals surface area contributed by atoms with Gasteiger partial charge in [0, 0.05) is 29.6 Å². The second-order valence-electron chi connectivity index (χ2n) is 7.33. The third-order valence-corrected chi connectivity index (χ3v) is 7.07. The molecule has 1 aromatic carbocycles. The van der Waals surface area contributed by atoms with E-state index < -0.39 is 0 Å². The highest BCUT2D eigenvalue weighted by atomic mass is 32.1. The number of amides is 1. The van der Waals surface area contributed by atoms with Gasteiger partial charge in [-0.25, -0.2) is 4.98 Å². The Morgan fingerprint density at radius 3 is 2.97 bits per heavy atom. The SMILES string of the molecule is O=C(Cc1csc(-c2cccs2)n1)Nc1cccc(-c2nnc3n2CCCCC3)c1. The Bertz CT molecular complexity index is 1160. The van der Waals surface area contributed by atoms with E-state index in [1.807, 2.05) is 47.2 Å². The van der Waals surface area contributed by atoms with Gasteiger partial charge in [0.25, 0.3) is 0 Å². The van der Waals surface area contributed by atoms with Gasteiger partial charge in [-0.05, 0) is 36.4 Å². The zero-order valence-electron chi connectivity index (χ0n) is 16.4. The van der Waals surface area contributed by atoms with Crippen molar-refractivity contribution in [3.63, 3.8) is 0 Å². The first-order chi connectivity index (χ1) is 14.8. The van der Waals surface area contributed by atoms with Crippen molar-refractivity contribution in [3.8, 4) is 21.3 Å². The lowest BCUT2D eigenvalue weighted by molar-refractivity contribution is -0.115. The fourth-order valence-corrected chi connectivity index (χ4v) is 5.34. The van der Waals surface area contributed by atoms with Crippen molar-refractivity contribution in [1.82, 2.24) is 19.7 Å². The van der Waals surface area contributed by atoms with E-state index >= 15 is 0 Å². The number of nitrogens with zero attached hydrogens (tertiary/aromatic N) is 4. The van der Waals surface area contributed by atoms with Crippen LogP contribution in [0.5, 0.6) is 0 Å². The van der Waals surface area contributed by atoms with Crippen molar-refractivity contribution in [2.45, 2.75) is 38.6 Å². The van der Waals surface area contributed by atoms with Crippen LogP contribution >= 0.6 is 22.7 Å². The smallest absolute Gasteiger partial charge is 0.230 e. The highest BCUT2D eigenvalue weighted by molar-refractivity contribution is 7.20. The van der Waals surface area contributed by atoms with Gasteiger partial charge in [0.05, 0.1) is 17.0 Å². The van der Waals surface area contributed by atoms with Crippen molar-refractivity contribution in [3.05, 3.63) is 58.7 Å². The summed E-state index contributed by atoms with van der Waals surface area (Å²) in [6, 6.07) is 11.9. The van der Waals surface area contributed by atoms with Crippen molar-refractivity contribution in [1.29, 1.82) is 0 Å². The third kappa shape index (κ3) is 4.06. The summed E-state index contributed by atoms with van der Waals surface area (Å²) in [6.45, 7) is 0.949. The van der Waals surface area contributed by atoms with E-state index in [1.165, 1.54) is 12.8 Å². The predicted octanol–water partition coefficient (Wildman–Crippen LogP) is 5.04. The summed E-state index contributed by atoms with van der Waals surface area (Å²) in [7, 11) is 0. The minimum Gasteiger partial charge on any atom is -0.326 e. The average molecular weight is 436 g/mol. The van der Waals surface area contributed by atoms with Crippen LogP contribution in [0.15, 0.2) is 47.2 Å². The topological polar surface area (TPSA) is 72.7 Å². The Labute approximate surface area is 182 Å². The lowest BCUT2D eigenvalue weighted by Gasteiger charge is -2.09. The number of rotatable bonds is 5. The van der Waals surface area contributed by atoms with Crippen LogP contribution in [0.25, 0.3) is 21.3 Å². The minimum absolute atomic E-state index is 0.0738. The van der Waals surface area contributed by atoms with Crippen molar-refractivity contribution >= 4 is 34.3 Å². The molecule has 0 atom stereocenters. The van der Waals surface area contributed by atoms with Crippen LogP contribution < -0.4 is 5.32 Å². The molecule has 1 aliphatic rings. The lowest BCUT2D eigenvalue weighted by atomic mass is 10.1. The van der Waals surface area contributed by atoms with Crippen molar-refractivity contribution in [2.24, 2.45) is 0 Å². The van der Waals surface area contributed by atoms with Gasteiger partial charge in [-0.15, -0.1) is 32.9 Å². The zero-order chi connectivity index (χ0) is 20.3. The summed E-state index contributed by atoms with van der Waals surface area (Å²) in [4.78, 5) is 18.3. The molecule has 1 amide bonds. The summed E-state index contributed by atoms with van der Waals surface area (Å²) >= 11 is 3.23. The molecule has 1 N–H and O–H groups in total. The second-order valence-corrected chi connectivity index (χ2v) is 9.13. The first-order valence-electron chi connectivity index (χ1n) is 10.1. The molecule has 0 fully saturated rings. The van der Waals surface area contributed by atoms with Gasteiger partial charge in [-0.3, -0.25) is 4.79 Å².